The number of hydrogen-bond donors (Lipinski definition) is 2. The maximum absolute atomic E-state index is 13.6. The van der Waals surface area contributed by atoms with E-state index in [-0.39, 0.29) is 29.2 Å². The number of carbonyl (C=O) groups is 2. The number of ether oxygens (including phenoxy) is 1. The van der Waals surface area contributed by atoms with Crippen molar-refractivity contribution in [1.29, 1.82) is 0 Å². The summed E-state index contributed by atoms with van der Waals surface area (Å²) in [5.74, 6) is 0.251. The molecule has 0 radical (unpaired) electrons. The Kier molecular flexibility index (Phi) is 7.42. The summed E-state index contributed by atoms with van der Waals surface area (Å²) in [6, 6.07) is 6.12. The molecule has 3 aliphatic rings. The van der Waals surface area contributed by atoms with E-state index < -0.39 is 15.6 Å². The van der Waals surface area contributed by atoms with Gasteiger partial charge in [0.25, 0.3) is 11.8 Å². The van der Waals surface area contributed by atoms with E-state index in [0.717, 1.165) is 6.42 Å². The minimum Gasteiger partial charge on any atom is -0.362 e. The van der Waals surface area contributed by atoms with Gasteiger partial charge in [-0.15, -0.1) is 0 Å². The molecule has 2 fully saturated rings. The van der Waals surface area contributed by atoms with Gasteiger partial charge in [-0.05, 0) is 36.5 Å². The first-order valence-corrected chi connectivity index (χ1v) is 13.3. The Morgan fingerprint density at radius 1 is 1.15 bits per heavy atom. The smallest absolute Gasteiger partial charge is 0.256 e. The van der Waals surface area contributed by atoms with Crippen LogP contribution >= 0.6 is 0 Å². The van der Waals surface area contributed by atoms with Gasteiger partial charge in [0, 0.05) is 58.3 Å². The second kappa shape index (κ2) is 10.2. The van der Waals surface area contributed by atoms with Gasteiger partial charge in [-0.2, -0.15) is 4.31 Å². The molecule has 186 valence electrons. The Morgan fingerprint density at radius 2 is 1.97 bits per heavy atom. The Morgan fingerprint density at radius 3 is 2.74 bits per heavy atom. The fourth-order valence-electron chi connectivity index (χ4n) is 4.93. The Hall–Kier alpha value is -2.27. The van der Waals surface area contributed by atoms with Crippen LogP contribution in [0, 0.1) is 11.8 Å². The standard InChI is InChI=1S/C24H34N4O5S/c1-18-15-28-16-20(18)8-10-26-22(29)19-6-5-7-21(14-19)34(31,32)27(2)12-4-3-9-24(23(28)30)17-25-11-13-33-24/h3-7,14,18,20,25H,8-13,15-17H2,1-2H3,(H,26,29)/b4-3+/t18-,20-,24?/m1/s1. The quantitative estimate of drug-likeness (QED) is 0.522. The fourth-order valence-corrected chi connectivity index (χ4v) is 6.09. The summed E-state index contributed by atoms with van der Waals surface area (Å²) in [6.45, 7) is 5.59. The average molecular weight is 491 g/mol. The van der Waals surface area contributed by atoms with Gasteiger partial charge in [-0.3, -0.25) is 9.59 Å². The van der Waals surface area contributed by atoms with Crippen LogP contribution in [0.25, 0.3) is 0 Å². The monoisotopic (exact) mass is 490 g/mol. The van der Waals surface area contributed by atoms with E-state index in [9.17, 15) is 18.0 Å². The van der Waals surface area contributed by atoms with Crippen molar-refractivity contribution in [2.24, 2.45) is 11.8 Å². The lowest BCUT2D eigenvalue weighted by Crippen LogP contribution is -2.59. The third-order valence-corrected chi connectivity index (χ3v) is 8.91. The van der Waals surface area contributed by atoms with Gasteiger partial charge in [0.1, 0.15) is 0 Å². The molecular weight excluding hydrogens is 456 g/mol. The highest BCUT2D eigenvalue weighted by molar-refractivity contribution is 7.89. The van der Waals surface area contributed by atoms with Crippen LogP contribution in [0.1, 0.15) is 30.1 Å². The van der Waals surface area contributed by atoms with Gasteiger partial charge >= 0.3 is 0 Å². The van der Waals surface area contributed by atoms with Gasteiger partial charge in [-0.25, -0.2) is 8.42 Å². The number of benzene rings is 1. The van der Waals surface area contributed by atoms with E-state index in [0.29, 0.717) is 57.2 Å². The van der Waals surface area contributed by atoms with Gasteiger partial charge in [0.15, 0.2) is 5.60 Å². The summed E-state index contributed by atoms with van der Waals surface area (Å²) in [4.78, 5) is 28.2. The molecule has 34 heavy (non-hydrogen) atoms. The zero-order chi connectivity index (χ0) is 24.3. The zero-order valence-corrected chi connectivity index (χ0v) is 20.6. The van der Waals surface area contributed by atoms with Gasteiger partial charge in [0.2, 0.25) is 10.0 Å². The molecule has 3 atom stereocenters. The third-order valence-electron chi connectivity index (χ3n) is 7.09. The highest BCUT2D eigenvalue weighted by Gasteiger charge is 2.45. The van der Waals surface area contributed by atoms with Crippen LogP contribution in [0.5, 0.6) is 0 Å². The van der Waals surface area contributed by atoms with Crippen molar-refractivity contribution in [2.45, 2.75) is 30.3 Å². The Balaban J connectivity index is 1.63. The lowest BCUT2D eigenvalue weighted by atomic mass is 9.95. The van der Waals surface area contributed by atoms with Crippen LogP contribution in [0.2, 0.25) is 0 Å². The molecule has 1 spiro atoms. The normalized spacial score (nSPS) is 32.1. The highest BCUT2D eigenvalue weighted by atomic mass is 32.2. The van der Waals surface area contributed by atoms with Crippen molar-refractivity contribution in [2.75, 3.05) is 52.9 Å². The number of likely N-dealkylation sites (N-methyl/N-ethyl adjacent to an activating group) is 1. The number of nitrogens with one attached hydrogen (secondary N) is 2. The maximum Gasteiger partial charge on any atom is 0.256 e. The SMILES string of the molecule is C[C@@H]1CN2C[C@H]1CCNC(=O)c1cccc(c1)S(=O)(=O)N(C)C/C=C/CC1(CNCCO1)C2=O. The lowest BCUT2D eigenvalue weighted by Gasteiger charge is -2.38. The predicted molar refractivity (Wildman–Crippen MR) is 128 cm³/mol. The first-order chi connectivity index (χ1) is 16.2. The molecule has 0 aliphatic carbocycles. The van der Waals surface area contributed by atoms with Crippen LogP contribution in [0.4, 0.5) is 0 Å². The topological polar surface area (TPSA) is 108 Å². The average Bonchev–Trinajstić information content (AvgIpc) is 3.21. The molecule has 1 aromatic rings. The third kappa shape index (κ3) is 5.05. The van der Waals surface area contributed by atoms with Crippen molar-refractivity contribution >= 4 is 21.8 Å². The van der Waals surface area contributed by atoms with Gasteiger partial charge in [-0.1, -0.05) is 25.1 Å². The van der Waals surface area contributed by atoms with Crippen LogP contribution in [-0.4, -0.2) is 88.0 Å². The summed E-state index contributed by atoms with van der Waals surface area (Å²) in [7, 11) is -2.28. The van der Waals surface area contributed by atoms with Crippen LogP contribution in [0.3, 0.4) is 0 Å². The number of rotatable bonds is 0. The number of fused-ring (bicyclic) bond motifs is 4. The summed E-state index contributed by atoms with van der Waals surface area (Å²) in [5.41, 5.74) is -0.680. The molecule has 0 saturated carbocycles. The minimum absolute atomic E-state index is 0.0280. The van der Waals surface area contributed by atoms with Crippen LogP contribution in [-0.2, 0) is 19.6 Å². The number of hydrogen-bond acceptors (Lipinski definition) is 6. The first kappa shape index (κ1) is 24.8. The molecule has 0 aromatic heterocycles. The molecule has 2 N–H and O–H groups in total. The zero-order valence-electron chi connectivity index (χ0n) is 19.8. The number of nitrogens with zero attached hydrogens (tertiary/aromatic N) is 2. The molecule has 3 heterocycles. The highest BCUT2D eigenvalue weighted by Crippen LogP contribution is 2.30. The number of morpholine rings is 1. The van der Waals surface area contributed by atoms with Crippen molar-refractivity contribution < 1.29 is 22.7 Å². The summed E-state index contributed by atoms with van der Waals surface area (Å²) >= 11 is 0. The fraction of sp³-hybridized carbons (Fsp3) is 0.583. The summed E-state index contributed by atoms with van der Waals surface area (Å²) in [5, 5.41) is 6.19. The van der Waals surface area contributed by atoms with E-state index in [1.165, 1.54) is 23.5 Å². The van der Waals surface area contributed by atoms with E-state index in [4.69, 9.17) is 4.74 Å². The Bertz CT molecular complexity index is 1050. The van der Waals surface area contributed by atoms with E-state index in [1.54, 1.807) is 18.2 Å². The second-order valence-corrected chi connectivity index (χ2v) is 11.5. The van der Waals surface area contributed by atoms with E-state index in [1.807, 2.05) is 11.0 Å². The largest absolute Gasteiger partial charge is 0.362 e. The second-order valence-electron chi connectivity index (χ2n) is 9.50. The van der Waals surface area contributed by atoms with Crippen molar-refractivity contribution in [1.82, 2.24) is 19.8 Å². The van der Waals surface area contributed by atoms with Crippen molar-refractivity contribution in [3.63, 3.8) is 0 Å². The van der Waals surface area contributed by atoms with Gasteiger partial charge in [0.05, 0.1) is 11.5 Å². The molecule has 1 aromatic carbocycles. The first-order valence-electron chi connectivity index (χ1n) is 11.9. The Labute approximate surface area is 201 Å². The molecular formula is C24H34N4O5S. The predicted octanol–water partition coefficient (Wildman–Crippen LogP) is 0.840. The summed E-state index contributed by atoms with van der Waals surface area (Å²) < 4.78 is 33.4. The maximum atomic E-state index is 13.6. The van der Waals surface area contributed by atoms with Crippen molar-refractivity contribution in [3.8, 4) is 0 Å². The molecule has 3 aliphatic heterocycles. The summed E-state index contributed by atoms with van der Waals surface area (Å²) in [6.07, 6.45) is 4.69. The molecule has 2 amide bonds. The molecule has 4 bridgehead atoms. The molecule has 4 rings (SSSR count). The number of sulfonamides is 1. The van der Waals surface area contributed by atoms with Crippen LogP contribution < -0.4 is 10.6 Å². The minimum atomic E-state index is -3.78. The number of amides is 2. The number of carbonyl (C=O) groups excluding carboxylic acids is 2. The molecule has 2 saturated heterocycles. The molecule has 9 nitrogen and oxygen atoms in total. The van der Waals surface area contributed by atoms with E-state index in [2.05, 4.69) is 17.6 Å². The van der Waals surface area contributed by atoms with Crippen molar-refractivity contribution in [3.05, 3.63) is 42.0 Å². The lowest BCUT2D eigenvalue weighted by molar-refractivity contribution is -0.160. The van der Waals surface area contributed by atoms with Crippen LogP contribution in [0.15, 0.2) is 41.3 Å². The molecule has 1 unspecified atom stereocenters. The van der Waals surface area contributed by atoms with E-state index >= 15 is 0 Å². The van der Waals surface area contributed by atoms with Gasteiger partial charge < -0.3 is 20.3 Å². The molecule has 10 heteroatoms.